The van der Waals surface area contributed by atoms with Crippen molar-refractivity contribution >= 4 is 62.3 Å². The minimum Gasteiger partial charge on any atom is -0.354 e. The van der Waals surface area contributed by atoms with Crippen molar-refractivity contribution in [2.75, 3.05) is 23.7 Å². The SMILES string of the molecule is CCCNC(=O)[C@H](C)N(Cc1ccc(Cl)cc1Cl)C(=O)CCCN(c1cccc(Cl)c1)S(C)(=O)=O. The van der Waals surface area contributed by atoms with Crippen LogP contribution in [0.25, 0.3) is 0 Å². The van der Waals surface area contributed by atoms with Gasteiger partial charge in [0, 0.05) is 41.1 Å². The first-order chi connectivity index (χ1) is 16.4. The van der Waals surface area contributed by atoms with Crippen LogP contribution in [-0.4, -0.2) is 50.5 Å². The van der Waals surface area contributed by atoms with Crippen molar-refractivity contribution in [3.8, 4) is 0 Å². The van der Waals surface area contributed by atoms with Crippen LogP contribution in [0.5, 0.6) is 0 Å². The molecule has 0 fully saturated rings. The highest BCUT2D eigenvalue weighted by Crippen LogP contribution is 2.25. The van der Waals surface area contributed by atoms with Gasteiger partial charge in [-0.05, 0) is 55.7 Å². The maximum Gasteiger partial charge on any atom is 0.242 e. The van der Waals surface area contributed by atoms with Gasteiger partial charge in [-0.25, -0.2) is 8.42 Å². The molecule has 2 amide bonds. The first kappa shape index (κ1) is 29.2. The van der Waals surface area contributed by atoms with Crippen LogP contribution in [0.2, 0.25) is 15.1 Å². The second-order valence-corrected chi connectivity index (χ2v) is 11.3. The number of benzene rings is 2. The largest absolute Gasteiger partial charge is 0.354 e. The third kappa shape index (κ3) is 8.86. The number of nitrogens with one attached hydrogen (secondary N) is 1. The molecule has 0 saturated carbocycles. The first-order valence-corrected chi connectivity index (χ1v) is 14.2. The van der Waals surface area contributed by atoms with Crippen molar-refractivity contribution in [2.45, 2.75) is 45.7 Å². The summed E-state index contributed by atoms with van der Waals surface area (Å²) in [7, 11) is -3.60. The fraction of sp³-hybridized carbons (Fsp3) is 0.417. The zero-order chi connectivity index (χ0) is 26.2. The number of hydrogen-bond acceptors (Lipinski definition) is 4. The van der Waals surface area contributed by atoms with Gasteiger partial charge in [0.05, 0.1) is 11.9 Å². The number of anilines is 1. The van der Waals surface area contributed by atoms with Gasteiger partial charge < -0.3 is 10.2 Å². The Labute approximate surface area is 222 Å². The van der Waals surface area contributed by atoms with E-state index < -0.39 is 16.1 Å². The summed E-state index contributed by atoms with van der Waals surface area (Å²) < 4.78 is 25.9. The van der Waals surface area contributed by atoms with Crippen molar-refractivity contribution in [3.63, 3.8) is 0 Å². The van der Waals surface area contributed by atoms with Gasteiger partial charge in [-0.15, -0.1) is 0 Å². The lowest BCUT2D eigenvalue weighted by Gasteiger charge is -2.29. The predicted molar refractivity (Wildman–Crippen MR) is 143 cm³/mol. The molecule has 0 bridgehead atoms. The van der Waals surface area contributed by atoms with E-state index in [0.29, 0.717) is 32.9 Å². The minimum atomic E-state index is -3.60. The summed E-state index contributed by atoms with van der Waals surface area (Å²) in [5.41, 5.74) is 1.07. The molecule has 0 spiro atoms. The smallest absolute Gasteiger partial charge is 0.242 e. The Bertz CT molecular complexity index is 1140. The maximum absolute atomic E-state index is 13.3. The van der Waals surface area contributed by atoms with E-state index in [-0.39, 0.29) is 37.7 Å². The lowest BCUT2D eigenvalue weighted by Crippen LogP contribution is -2.48. The van der Waals surface area contributed by atoms with Crippen LogP contribution in [-0.2, 0) is 26.2 Å². The van der Waals surface area contributed by atoms with Crippen LogP contribution in [0.3, 0.4) is 0 Å². The number of rotatable bonds is 12. The van der Waals surface area contributed by atoms with Crippen LogP contribution in [0, 0.1) is 0 Å². The molecule has 1 N–H and O–H groups in total. The molecule has 0 radical (unpaired) electrons. The summed E-state index contributed by atoms with van der Waals surface area (Å²) in [6.07, 6.45) is 2.14. The second kappa shape index (κ2) is 13.3. The molecule has 192 valence electrons. The van der Waals surface area contributed by atoms with Gasteiger partial charge in [0.2, 0.25) is 21.8 Å². The lowest BCUT2D eigenvalue weighted by molar-refractivity contribution is -0.140. The maximum atomic E-state index is 13.3. The van der Waals surface area contributed by atoms with Crippen molar-refractivity contribution in [3.05, 3.63) is 63.1 Å². The highest BCUT2D eigenvalue weighted by atomic mass is 35.5. The van der Waals surface area contributed by atoms with Crippen molar-refractivity contribution in [1.82, 2.24) is 10.2 Å². The monoisotopic (exact) mass is 561 g/mol. The summed E-state index contributed by atoms with van der Waals surface area (Å²) in [5, 5.41) is 4.07. The molecule has 2 rings (SSSR count). The molecule has 0 aliphatic heterocycles. The average molecular weight is 563 g/mol. The van der Waals surface area contributed by atoms with E-state index in [9.17, 15) is 18.0 Å². The Kier molecular flexibility index (Phi) is 11.1. The highest BCUT2D eigenvalue weighted by molar-refractivity contribution is 7.92. The molecule has 1 atom stereocenters. The quantitative estimate of drug-likeness (QED) is 0.388. The number of hydrogen-bond donors (Lipinski definition) is 1. The van der Waals surface area contributed by atoms with E-state index in [1.54, 1.807) is 49.4 Å². The summed E-state index contributed by atoms with van der Waals surface area (Å²) in [4.78, 5) is 27.4. The van der Waals surface area contributed by atoms with E-state index in [2.05, 4.69) is 5.32 Å². The molecule has 2 aromatic rings. The van der Waals surface area contributed by atoms with E-state index in [0.717, 1.165) is 12.7 Å². The standard InChI is InChI=1S/C24H30Cl3N3O4S/c1-4-12-28-24(32)17(2)29(16-18-10-11-20(26)15-22(18)27)23(31)9-6-13-30(35(3,33)34)21-8-5-7-19(25)14-21/h5,7-8,10-11,14-15,17H,4,6,9,12-13,16H2,1-3H3,(H,28,32)/t17-/m0/s1. The molecule has 0 heterocycles. The van der Waals surface area contributed by atoms with E-state index >= 15 is 0 Å². The van der Waals surface area contributed by atoms with Gasteiger partial charge in [0.1, 0.15) is 6.04 Å². The number of carbonyl (C=O) groups excluding carboxylic acids is 2. The molecular formula is C24H30Cl3N3O4S. The number of nitrogens with zero attached hydrogens (tertiary/aromatic N) is 2. The molecular weight excluding hydrogens is 533 g/mol. The molecule has 0 saturated heterocycles. The molecule has 0 aliphatic carbocycles. The average Bonchev–Trinajstić information content (AvgIpc) is 2.78. The van der Waals surface area contributed by atoms with Crippen LogP contribution in [0.4, 0.5) is 5.69 Å². The fourth-order valence-corrected chi connectivity index (χ4v) is 5.06. The van der Waals surface area contributed by atoms with Crippen LogP contribution in [0.15, 0.2) is 42.5 Å². The third-order valence-electron chi connectivity index (χ3n) is 5.32. The Hall–Kier alpha value is -2.00. The molecule has 0 aliphatic rings. The number of sulfonamides is 1. The van der Waals surface area contributed by atoms with Crippen LogP contribution < -0.4 is 9.62 Å². The lowest BCUT2D eigenvalue weighted by atomic mass is 10.1. The summed E-state index contributed by atoms with van der Waals surface area (Å²) >= 11 is 18.3. The third-order valence-corrected chi connectivity index (χ3v) is 7.34. The summed E-state index contributed by atoms with van der Waals surface area (Å²) in [6, 6.07) is 10.7. The van der Waals surface area contributed by atoms with Gasteiger partial charge in [0.25, 0.3) is 0 Å². The van der Waals surface area contributed by atoms with E-state index in [4.69, 9.17) is 34.8 Å². The Morgan fingerprint density at radius 1 is 1.06 bits per heavy atom. The Morgan fingerprint density at radius 2 is 1.74 bits per heavy atom. The van der Waals surface area contributed by atoms with Gasteiger partial charge in [0.15, 0.2) is 0 Å². The number of carbonyl (C=O) groups is 2. The van der Waals surface area contributed by atoms with Crippen molar-refractivity contribution < 1.29 is 18.0 Å². The second-order valence-electron chi connectivity index (χ2n) is 8.14. The summed E-state index contributed by atoms with van der Waals surface area (Å²) in [6.45, 7) is 4.28. The van der Waals surface area contributed by atoms with Gasteiger partial charge in [-0.2, -0.15) is 0 Å². The van der Waals surface area contributed by atoms with E-state index in [1.165, 1.54) is 9.21 Å². The number of halogens is 3. The van der Waals surface area contributed by atoms with Gasteiger partial charge in [-0.3, -0.25) is 13.9 Å². The normalized spacial score (nSPS) is 12.2. The molecule has 35 heavy (non-hydrogen) atoms. The first-order valence-electron chi connectivity index (χ1n) is 11.2. The van der Waals surface area contributed by atoms with E-state index in [1.807, 2.05) is 6.92 Å². The van der Waals surface area contributed by atoms with Gasteiger partial charge >= 0.3 is 0 Å². The van der Waals surface area contributed by atoms with Crippen molar-refractivity contribution in [2.24, 2.45) is 0 Å². The van der Waals surface area contributed by atoms with Gasteiger partial charge in [-0.1, -0.05) is 53.9 Å². The summed E-state index contributed by atoms with van der Waals surface area (Å²) in [5.74, 6) is -0.573. The zero-order valence-electron chi connectivity index (χ0n) is 19.9. The zero-order valence-corrected chi connectivity index (χ0v) is 23.0. The van der Waals surface area contributed by atoms with Crippen LogP contribution >= 0.6 is 34.8 Å². The molecule has 11 heteroatoms. The molecule has 0 unspecified atom stereocenters. The Morgan fingerprint density at radius 3 is 2.34 bits per heavy atom. The minimum absolute atomic E-state index is 0.0309. The Balaban J connectivity index is 2.19. The topological polar surface area (TPSA) is 86.8 Å². The highest BCUT2D eigenvalue weighted by Gasteiger charge is 2.27. The molecule has 2 aromatic carbocycles. The van der Waals surface area contributed by atoms with Crippen molar-refractivity contribution in [1.29, 1.82) is 0 Å². The molecule has 0 aromatic heterocycles. The molecule has 7 nitrogen and oxygen atoms in total. The fourth-order valence-electron chi connectivity index (χ4n) is 3.45. The number of amides is 2. The van der Waals surface area contributed by atoms with Crippen LogP contribution in [0.1, 0.15) is 38.7 Å². The predicted octanol–water partition coefficient (Wildman–Crippen LogP) is 5.14.